The van der Waals surface area contributed by atoms with Crippen molar-refractivity contribution < 1.29 is 21.6 Å². The molecule has 2 aromatic rings. The second-order valence-electron chi connectivity index (χ2n) is 6.46. The minimum atomic E-state index is -4.54. The maximum atomic E-state index is 13.2. The summed E-state index contributed by atoms with van der Waals surface area (Å²) in [5.74, 6) is 0. The van der Waals surface area contributed by atoms with Gasteiger partial charge in [0.25, 0.3) is 0 Å². The highest BCUT2D eigenvalue weighted by Crippen LogP contribution is 2.45. The number of fused-ring (bicyclic) bond motifs is 2. The van der Waals surface area contributed by atoms with Crippen LogP contribution in [0.4, 0.5) is 24.5 Å². The van der Waals surface area contributed by atoms with Crippen LogP contribution in [0, 0.1) is 0 Å². The van der Waals surface area contributed by atoms with Gasteiger partial charge in [-0.15, -0.1) is 0 Å². The highest BCUT2D eigenvalue weighted by Gasteiger charge is 2.37. The van der Waals surface area contributed by atoms with E-state index in [0.717, 1.165) is 24.7 Å². The highest BCUT2D eigenvalue weighted by molar-refractivity contribution is 7.92. The molecule has 0 aromatic heterocycles. The molecular weight excluding hydrogens is 365 g/mol. The molecule has 1 heterocycles. The third-order valence-electron chi connectivity index (χ3n) is 4.30. The fraction of sp³-hybridized carbons (Fsp3) is 0.333. The third kappa shape index (κ3) is 3.31. The fourth-order valence-corrected chi connectivity index (χ4v) is 4.71. The summed E-state index contributed by atoms with van der Waals surface area (Å²) in [4.78, 5) is 3.68. The van der Waals surface area contributed by atoms with Gasteiger partial charge in [-0.2, -0.15) is 13.2 Å². The second-order valence-corrected chi connectivity index (χ2v) is 8.35. The summed E-state index contributed by atoms with van der Waals surface area (Å²) in [5.41, 5.74) is -0.362. The first-order valence-electron chi connectivity index (χ1n) is 8.10. The highest BCUT2D eigenvalue weighted by atomic mass is 32.2. The zero-order valence-electron chi connectivity index (χ0n) is 14.4. The van der Waals surface area contributed by atoms with E-state index in [1.54, 1.807) is 23.1 Å². The van der Waals surface area contributed by atoms with Crippen LogP contribution in [0.25, 0.3) is 0 Å². The zero-order chi connectivity index (χ0) is 19.1. The van der Waals surface area contributed by atoms with Crippen molar-refractivity contribution in [1.82, 2.24) is 4.90 Å². The lowest BCUT2D eigenvalue weighted by Crippen LogP contribution is -2.29. The molecule has 0 radical (unpaired) electrons. The molecule has 0 saturated carbocycles. The Labute approximate surface area is 150 Å². The molecule has 0 amide bonds. The lowest BCUT2D eigenvalue weighted by atomic mass is 10.1. The summed E-state index contributed by atoms with van der Waals surface area (Å²) < 4.78 is 65.2. The fourth-order valence-electron chi connectivity index (χ4n) is 3.07. The predicted octanol–water partition coefficient (Wildman–Crippen LogP) is 3.94. The molecule has 0 N–H and O–H groups in total. The Morgan fingerprint density at radius 3 is 2.31 bits per heavy atom. The maximum absolute atomic E-state index is 13.2. The van der Waals surface area contributed by atoms with Gasteiger partial charge >= 0.3 is 6.18 Å². The average Bonchev–Trinajstić information content (AvgIpc) is 2.56. The van der Waals surface area contributed by atoms with Crippen LogP contribution in [-0.4, -0.2) is 40.5 Å². The van der Waals surface area contributed by atoms with Gasteiger partial charge < -0.3 is 9.80 Å². The van der Waals surface area contributed by atoms with Crippen LogP contribution in [0.5, 0.6) is 0 Å². The molecule has 0 fully saturated rings. The Morgan fingerprint density at radius 1 is 1.00 bits per heavy atom. The van der Waals surface area contributed by atoms with E-state index < -0.39 is 21.6 Å². The van der Waals surface area contributed by atoms with Crippen LogP contribution in [0.1, 0.15) is 12.0 Å². The van der Waals surface area contributed by atoms with Gasteiger partial charge in [-0.1, -0.05) is 12.1 Å². The normalized spacial score (nSPS) is 15.7. The summed E-state index contributed by atoms with van der Waals surface area (Å²) in [6, 6.07) is 9.23. The van der Waals surface area contributed by atoms with Gasteiger partial charge in [0.15, 0.2) is 0 Å². The summed E-state index contributed by atoms with van der Waals surface area (Å²) in [5, 5.41) is 0. The quantitative estimate of drug-likeness (QED) is 0.801. The van der Waals surface area contributed by atoms with E-state index in [-0.39, 0.29) is 15.5 Å². The standard InChI is InChI=1S/C18H19F3N2O2S/c1-22(2)10-5-11-23-14-6-3-4-7-16(14)26(24,25)17-9-8-13(12-15(17)23)18(19,20)21/h3-4,6-9,12H,5,10-11H2,1-2H3. The summed E-state index contributed by atoms with van der Waals surface area (Å²) in [6.45, 7) is 1.15. The number of para-hydroxylation sites is 1. The molecule has 0 spiro atoms. The van der Waals surface area contributed by atoms with E-state index in [2.05, 4.69) is 0 Å². The Balaban J connectivity index is 2.15. The monoisotopic (exact) mass is 384 g/mol. The van der Waals surface area contributed by atoms with E-state index in [4.69, 9.17) is 0 Å². The third-order valence-corrected chi connectivity index (χ3v) is 6.15. The number of rotatable bonds is 4. The molecule has 4 nitrogen and oxygen atoms in total. The molecule has 140 valence electrons. The molecule has 2 aromatic carbocycles. The number of sulfone groups is 1. The smallest absolute Gasteiger partial charge is 0.339 e. The molecule has 3 rings (SSSR count). The van der Waals surface area contributed by atoms with Gasteiger partial charge in [0, 0.05) is 6.54 Å². The molecule has 0 atom stereocenters. The van der Waals surface area contributed by atoms with Crippen molar-refractivity contribution in [2.75, 3.05) is 32.1 Å². The number of halogens is 3. The maximum Gasteiger partial charge on any atom is 0.416 e. The molecule has 0 bridgehead atoms. The second kappa shape index (κ2) is 6.59. The minimum absolute atomic E-state index is 0.0808. The van der Waals surface area contributed by atoms with Gasteiger partial charge in [-0.05, 0) is 57.4 Å². The molecular formula is C18H19F3N2O2S. The average molecular weight is 384 g/mol. The molecule has 0 saturated heterocycles. The van der Waals surface area contributed by atoms with Crippen LogP contribution < -0.4 is 4.90 Å². The van der Waals surface area contributed by atoms with E-state index in [1.807, 2.05) is 19.0 Å². The van der Waals surface area contributed by atoms with Crippen molar-refractivity contribution in [2.24, 2.45) is 0 Å². The van der Waals surface area contributed by atoms with Crippen LogP contribution in [0.2, 0.25) is 0 Å². The number of nitrogens with zero attached hydrogens (tertiary/aromatic N) is 2. The van der Waals surface area contributed by atoms with E-state index in [1.165, 1.54) is 6.07 Å². The topological polar surface area (TPSA) is 40.6 Å². The lowest BCUT2D eigenvalue weighted by molar-refractivity contribution is -0.137. The van der Waals surface area contributed by atoms with Crippen LogP contribution in [-0.2, 0) is 16.0 Å². The van der Waals surface area contributed by atoms with Crippen LogP contribution >= 0.6 is 0 Å². The van der Waals surface area contributed by atoms with Crippen molar-refractivity contribution in [3.8, 4) is 0 Å². The molecule has 1 aliphatic heterocycles. The first kappa shape index (κ1) is 18.7. The van der Waals surface area contributed by atoms with Crippen LogP contribution in [0.15, 0.2) is 52.3 Å². The number of benzene rings is 2. The number of hydrogen-bond donors (Lipinski definition) is 0. The van der Waals surface area contributed by atoms with Gasteiger partial charge in [0.05, 0.1) is 26.7 Å². The van der Waals surface area contributed by atoms with Gasteiger partial charge in [0.1, 0.15) is 0 Å². The number of alkyl halides is 3. The first-order valence-corrected chi connectivity index (χ1v) is 9.58. The summed E-state index contributed by atoms with van der Waals surface area (Å²) >= 11 is 0. The van der Waals surface area contributed by atoms with Crippen LogP contribution in [0.3, 0.4) is 0 Å². The van der Waals surface area contributed by atoms with E-state index >= 15 is 0 Å². The SMILES string of the molecule is CN(C)CCCN1c2ccccc2S(=O)(=O)c2ccc(C(F)(F)F)cc21. The Kier molecular flexibility index (Phi) is 4.74. The van der Waals surface area contributed by atoms with E-state index in [0.29, 0.717) is 18.7 Å². The molecule has 26 heavy (non-hydrogen) atoms. The molecule has 0 aliphatic carbocycles. The molecule has 1 aliphatic rings. The predicted molar refractivity (Wildman–Crippen MR) is 93.5 cm³/mol. The number of anilines is 2. The summed E-state index contributed by atoms with van der Waals surface area (Å²) in [7, 11) is -0.0432. The minimum Gasteiger partial charge on any atom is -0.339 e. The number of hydrogen-bond acceptors (Lipinski definition) is 4. The molecule has 8 heteroatoms. The van der Waals surface area contributed by atoms with Crippen molar-refractivity contribution >= 4 is 21.2 Å². The Hall–Kier alpha value is -2.06. The van der Waals surface area contributed by atoms with Gasteiger partial charge in [-0.25, -0.2) is 8.42 Å². The van der Waals surface area contributed by atoms with Crippen molar-refractivity contribution in [2.45, 2.75) is 22.4 Å². The van der Waals surface area contributed by atoms with Crippen molar-refractivity contribution in [3.63, 3.8) is 0 Å². The molecule has 0 unspecified atom stereocenters. The Bertz CT molecular complexity index is 924. The zero-order valence-corrected chi connectivity index (χ0v) is 15.2. The van der Waals surface area contributed by atoms with E-state index in [9.17, 15) is 21.6 Å². The lowest BCUT2D eigenvalue weighted by Gasteiger charge is -2.33. The first-order chi connectivity index (χ1) is 12.1. The summed E-state index contributed by atoms with van der Waals surface area (Å²) in [6.07, 6.45) is -3.86. The van der Waals surface area contributed by atoms with Gasteiger partial charge in [-0.3, -0.25) is 0 Å². The Morgan fingerprint density at radius 2 is 1.65 bits per heavy atom. The van der Waals surface area contributed by atoms with Crippen molar-refractivity contribution in [1.29, 1.82) is 0 Å². The van der Waals surface area contributed by atoms with Crippen molar-refractivity contribution in [3.05, 3.63) is 48.0 Å². The van der Waals surface area contributed by atoms with Gasteiger partial charge in [0.2, 0.25) is 9.84 Å². The largest absolute Gasteiger partial charge is 0.416 e.